The maximum Gasteiger partial charge on any atom is 0.123 e. The SMILES string of the molecule is COc1ccccc1[C@@H]1CC[C@@]2(CCCN[C@H]2c2ccccc2)N1. The molecule has 2 aromatic rings. The summed E-state index contributed by atoms with van der Waals surface area (Å²) in [6, 6.07) is 20.1. The number of methoxy groups -OCH3 is 1. The van der Waals surface area contributed by atoms with Gasteiger partial charge in [-0.1, -0.05) is 48.5 Å². The molecule has 3 nitrogen and oxygen atoms in total. The van der Waals surface area contributed by atoms with Gasteiger partial charge in [0.25, 0.3) is 0 Å². The molecule has 2 N–H and O–H groups in total. The predicted octanol–water partition coefficient (Wildman–Crippen LogP) is 3.98. The van der Waals surface area contributed by atoms with E-state index in [1.54, 1.807) is 7.11 Å². The van der Waals surface area contributed by atoms with E-state index in [1.807, 2.05) is 6.07 Å². The largest absolute Gasteiger partial charge is 0.496 e. The van der Waals surface area contributed by atoms with E-state index in [2.05, 4.69) is 59.2 Å². The van der Waals surface area contributed by atoms with Crippen LogP contribution in [0, 0.1) is 0 Å². The fraction of sp³-hybridized carbons (Fsp3) is 0.429. The second-order valence-electron chi connectivity index (χ2n) is 7.04. The zero-order valence-electron chi connectivity index (χ0n) is 14.3. The highest BCUT2D eigenvalue weighted by Crippen LogP contribution is 2.46. The molecular formula is C21H26N2O. The molecule has 0 saturated carbocycles. The number of nitrogens with one attached hydrogen (secondary N) is 2. The van der Waals surface area contributed by atoms with Gasteiger partial charge in [-0.15, -0.1) is 0 Å². The molecule has 0 aliphatic carbocycles. The van der Waals surface area contributed by atoms with Crippen molar-refractivity contribution in [3.63, 3.8) is 0 Å². The molecule has 0 aromatic heterocycles. The van der Waals surface area contributed by atoms with Gasteiger partial charge in [0, 0.05) is 17.1 Å². The van der Waals surface area contributed by atoms with Crippen molar-refractivity contribution in [3.05, 3.63) is 65.7 Å². The van der Waals surface area contributed by atoms with Gasteiger partial charge in [-0.25, -0.2) is 0 Å². The lowest BCUT2D eigenvalue weighted by Gasteiger charge is -2.43. The molecule has 2 fully saturated rings. The molecule has 3 heteroatoms. The van der Waals surface area contributed by atoms with Crippen molar-refractivity contribution in [2.24, 2.45) is 0 Å². The van der Waals surface area contributed by atoms with Crippen LogP contribution in [0.15, 0.2) is 54.6 Å². The number of ether oxygens (including phenoxy) is 1. The zero-order valence-corrected chi connectivity index (χ0v) is 14.3. The van der Waals surface area contributed by atoms with Crippen molar-refractivity contribution in [1.29, 1.82) is 0 Å². The minimum atomic E-state index is 0.144. The Balaban J connectivity index is 1.63. The van der Waals surface area contributed by atoms with E-state index >= 15 is 0 Å². The first-order chi connectivity index (χ1) is 11.8. The molecular weight excluding hydrogens is 296 g/mol. The number of rotatable bonds is 3. The van der Waals surface area contributed by atoms with Crippen LogP contribution in [-0.4, -0.2) is 19.2 Å². The van der Waals surface area contributed by atoms with Crippen molar-refractivity contribution in [1.82, 2.24) is 10.6 Å². The van der Waals surface area contributed by atoms with E-state index in [0.717, 1.165) is 18.7 Å². The van der Waals surface area contributed by atoms with Crippen LogP contribution in [-0.2, 0) is 0 Å². The molecule has 0 bridgehead atoms. The molecule has 0 unspecified atom stereocenters. The van der Waals surface area contributed by atoms with Gasteiger partial charge in [-0.05, 0) is 43.9 Å². The monoisotopic (exact) mass is 322 g/mol. The van der Waals surface area contributed by atoms with Crippen molar-refractivity contribution in [2.45, 2.75) is 43.3 Å². The van der Waals surface area contributed by atoms with E-state index in [-0.39, 0.29) is 5.54 Å². The summed E-state index contributed by atoms with van der Waals surface area (Å²) in [4.78, 5) is 0. The topological polar surface area (TPSA) is 33.3 Å². The Kier molecular flexibility index (Phi) is 4.30. The van der Waals surface area contributed by atoms with Crippen molar-refractivity contribution in [2.75, 3.05) is 13.7 Å². The predicted molar refractivity (Wildman–Crippen MR) is 97.3 cm³/mol. The smallest absolute Gasteiger partial charge is 0.123 e. The van der Waals surface area contributed by atoms with Crippen LogP contribution in [0.2, 0.25) is 0 Å². The first-order valence-electron chi connectivity index (χ1n) is 9.01. The average molecular weight is 322 g/mol. The van der Waals surface area contributed by atoms with Gasteiger partial charge in [0.2, 0.25) is 0 Å². The first-order valence-corrected chi connectivity index (χ1v) is 9.01. The third-order valence-corrected chi connectivity index (χ3v) is 5.69. The van der Waals surface area contributed by atoms with Gasteiger partial charge in [-0.3, -0.25) is 0 Å². The van der Waals surface area contributed by atoms with Crippen LogP contribution in [0.4, 0.5) is 0 Å². The van der Waals surface area contributed by atoms with Gasteiger partial charge < -0.3 is 15.4 Å². The third-order valence-electron chi connectivity index (χ3n) is 5.69. The molecule has 126 valence electrons. The Morgan fingerprint density at radius 1 is 1.00 bits per heavy atom. The van der Waals surface area contributed by atoms with E-state index in [9.17, 15) is 0 Å². The molecule has 2 aliphatic heterocycles. The van der Waals surface area contributed by atoms with Gasteiger partial charge in [-0.2, -0.15) is 0 Å². The Morgan fingerprint density at radius 2 is 1.79 bits per heavy atom. The van der Waals surface area contributed by atoms with Crippen molar-refractivity contribution < 1.29 is 4.74 Å². The quantitative estimate of drug-likeness (QED) is 0.896. The van der Waals surface area contributed by atoms with Crippen LogP contribution in [0.5, 0.6) is 5.75 Å². The van der Waals surface area contributed by atoms with E-state index in [0.29, 0.717) is 12.1 Å². The lowest BCUT2D eigenvalue weighted by atomic mass is 9.78. The number of benzene rings is 2. The van der Waals surface area contributed by atoms with Crippen LogP contribution in [0.25, 0.3) is 0 Å². The summed E-state index contributed by atoms with van der Waals surface area (Å²) < 4.78 is 5.59. The maximum atomic E-state index is 5.59. The average Bonchev–Trinajstić information content (AvgIpc) is 3.07. The van der Waals surface area contributed by atoms with Crippen LogP contribution in [0.1, 0.15) is 48.9 Å². The molecule has 4 rings (SSSR count). The molecule has 0 radical (unpaired) electrons. The second kappa shape index (κ2) is 6.58. The summed E-state index contributed by atoms with van der Waals surface area (Å²) in [5.41, 5.74) is 2.82. The second-order valence-corrected chi connectivity index (χ2v) is 7.04. The minimum Gasteiger partial charge on any atom is -0.496 e. The number of piperidine rings is 1. The minimum absolute atomic E-state index is 0.144. The molecule has 2 saturated heterocycles. The van der Waals surface area contributed by atoms with Gasteiger partial charge in [0.05, 0.1) is 13.2 Å². The van der Waals surface area contributed by atoms with Gasteiger partial charge in [0.15, 0.2) is 0 Å². The third kappa shape index (κ3) is 2.72. The molecule has 24 heavy (non-hydrogen) atoms. The molecule has 3 atom stereocenters. The Morgan fingerprint density at radius 3 is 2.62 bits per heavy atom. The normalized spacial score (nSPS) is 29.7. The van der Waals surface area contributed by atoms with Crippen molar-refractivity contribution >= 4 is 0 Å². The van der Waals surface area contributed by atoms with E-state index in [4.69, 9.17) is 4.74 Å². The van der Waals surface area contributed by atoms with Crippen LogP contribution >= 0.6 is 0 Å². The highest BCUT2D eigenvalue weighted by atomic mass is 16.5. The number of hydrogen-bond acceptors (Lipinski definition) is 3. The lowest BCUT2D eigenvalue weighted by molar-refractivity contribution is 0.197. The first kappa shape index (κ1) is 15.7. The standard InChI is InChI=1S/C21H26N2O/c1-24-19-11-6-5-10-17(19)18-12-14-21(23-18)13-7-15-22-20(21)16-8-3-2-4-9-16/h2-6,8-11,18,20,22-23H,7,12-15H2,1H3/t18-,20-,21+/m0/s1. The fourth-order valence-corrected chi connectivity index (χ4v) is 4.58. The van der Waals surface area contributed by atoms with Crippen LogP contribution in [0.3, 0.4) is 0 Å². The molecule has 2 aromatic carbocycles. The Hall–Kier alpha value is -1.84. The lowest BCUT2D eigenvalue weighted by Crippen LogP contribution is -2.54. The fourth-order valence-electron chi connectivity index (χ4n) is 4.58. The summed E-state index contributed by atoms with van der Waals surface area (Å²) in [6.45, 7) is 1.10. The van der Waals surface area contributed by atoms with Crippen LogP contribution < -0.4 is 15.4 Å². The summed E-state index contributed by atoms with van der Waals surface area (Å²) in [5, 5.41) is 7.78. The van der Waals surface area contributed by atoms with E-state index < -0.39 is 0 Å². The summed E-state index contributed by atoms with van der Waals surface area (Å²) in [6.07, 6.45) is 4.81. The molecule has 2 aliphatic rings. The summed E-state index contributed by atoms with van der Waals surface area (Å²) in [7, 11) is 1.76. The zero-order chi connectivity index (χ0) is 16.4. The van der Waals surface area contributed by atoms with Gasteiger partial charge >= 0.3 is 0 Å². The van der Waals surface area contributed by atoms with E-state index in [1.165, 1.54) is 30.4 Å². The number of hydrogen-bond donors (Lipinski definition) is 2. The van der Waals surface area contributed by atoms with Gasteiger partial charge in [0.1, 0.15) is 5.75 Å². The van der Waals surface area contributed by atoms with Crippen molar-refractivity contribution in [3.8, 4) is 5.75 Å². The summed E-state index contributed by atoms with van der Waals surface area (Å²) in [5.74, 6) is 0.993. The maximum absolute atomic E-state index is 5.59. The highest BCUT2D eigenvalue weighted by molar-refractivity contribution is 5.38. The molecule has 0 amide bonds. The Labute approximate surface area is 144 Å². The molecule has 2 heterocycles. The molecule has 1 spiro atoms. The number of para-hydroxylation sites is 1. The summed E-state index contributed by atoms with van der Waals surface area (Å²) >= 11 is 0. The Bertz CT molecular complexity index is 687. The highest BCUT2D eigenvalue weighted by Gasteiger charge is 2.47.